The van der Waals surface area contributed by atoms with Gasteiger partial charge in [-0.25, -0.2) is 5.84 Å². The largest absolute Gasteiger partial charge is 0.467 e. The number of rotatable bonds is 4. The van der Waals surface area contributed by atoms with Crippen LogP contribution in [0.25, 0.3) is 0 Å². The van der Waals surface area contributed by atoms with E-state index in [1.54, 1.807) is 12.1 Å². The fourth-order valence-electron chi connectivity index (χ4n) is 1.31. The van der Waals surface area contributed by atoms with Crippen molar-refractivity contribution in [2.75, 3.05) is 17.9 Å². The fourth-order valence-corrected chi connectivity index (χ4v) is 2.13. The van der Waals surface area contributed by atoms with Gasteiger partial charge < -0.3 is 10.1 Å². The number of nitrogens with one attached hydrogen (secondary N) is 2. The summed E-state index contributed by atoms with van der Waals surface area (Å²) in [5, 5.41) is 3.63. The van der Waals surface area contributed by atoms with Crippen LogP contribution in [0.4, 0.5) is 17.6 Å². The highest BCUT2D eigenvalue weighted by Crippen LogP contribution is 2.36. The van der Waals surface area contributed by atoms with Crippen LogP contribution in [0.2, 0.25) is 10.0 Å². The first-order valence-corrected chi connectivity index (χ1v) is 6.77. The Morgan fingerprint density at radius 2 is 1.85 bits per heavy atom. The average molecular weight is 380 g/mol. The molecule has 2 aromatic rings. The molecule has 0 aliphatic carbocycles. The number of methoxy groups -OCH3 is 1. The van der Waals surface area contributed by atoms with Crippen LogP contribution in [0.3, 0.4) is 0 Å². The van der Waals surface area contributed by atoms with Crippen molar-refractivity contribution in [2.24, 2.45) is 5.84 Å². The van der Waals surface area contributed by atoms with Crippen molar-refractivity contribution in [1.82, 2.24) is 15.0 Å². The smallest absolute Gasteiger partial charge is 0.322 e. The zero-order chi connectivity index (χ0) is 14.7. The van der Waals surface area contributed by atoms with Gasteiger partial charge in [0.1, 0.15) is 0 Å². The summed E-state index contributed by atoms with van der Waals surface area (Å²) in [6.45, 7) is 0. The molecule has 0 radical (unpaired) electrons. The molecule has 0 saturated heterocycles. The normalized spacial score (nSPS) is 10.2. The van der Waals surface area contributed by atoms with E-state index in [9.17, 15) is 0 Å². The van der Waals surface area contributed by atoms with Crippen LogP contribution >= 0.6 is 39.1 Å². The predicted molar refractivity (Wildman–Crippen MR) is 81.6 cm³/mol. The molecular formula is C10H9BrCl2N6O. The van der Waals surface area contributed by atoms with Gasteiger partial charge in [-0.05, 0) is 28.1 Å². The van der Waals surface area contributed by atoms with Gasteiger partial charge in [0, 0.05) is 4.47 Å². The average Bonchev–Trinajstić information content (AvgIpc) is 2.47. The summed E-state index contributed by atoms with van der Waals surface area (Å²) in [5.74, 6) is 5.63. The quantitative estimate of drug-likeness (QED) is 0.426. The molecule has 1 aromatic heterocycles. The van der Waals surface area contributed by atoms with Gasteiger partial charge in [0.15, 0.2) is 0 Å². The van der Waals surface area contributed by atoms with E-state index in [0.717, 1.165) is 0 Å². The van der Waals surface area contributed by atoms with Crippen molar-refractivity contribution in [3.63, 3.8) is 0 Å². The third-order valence-electron chi connectivity index (χ3n) is 2.21. The number of nitrogens with two attached hydrogens (primary N) is 1. The second-order valence-corrected chi connectivity index (χ2v) is 5.07. The highest BCUT2D eigenvalue weighted by atomic mass is 79.9. The molecule has 0 bridgehead atoms. The number of hydrogen-bond acceptors (Lipinski definition) is 7. The summed E-state index contributed by atoms with van der Waals surface area (Å²) >= 11 is 15.4. The maximum atomic E-state index is 6.13. The molecule has 1 aromatic carbocycles. The molecule has 1 heterocycles. The number of halogens is 3. The van der Waals surface area contributed by atoms with Gasteiger partial charge in [-0.2, -0.15) is 15.0 Å². The van der Waals surface area contributed by atoms with E-state index in [1.807, 2.05) is 0 Å². The number of anilines is 3. The van der Waals surface area contributed by atoms with Gasteiger partial charge in [-0.3, -0.25) is 5.43 Å². The maximum absolute atomic E-state index is 6.13. The molecule has 0 aliphatic rings. The predicted octanol–water partition coefficient (Wildman–Crippen LogP) is 2.98. The molecule has 4 N–H and O–H groups in total. The van der Waals surface area contributed by atoms with Crippen LogP contribution in [-0.4, -0.2) is 22.1 Å². The monoisotopic (exact) mass is 378 g/mol. The minimum atomic E-state index is 0.106. The summed E-state index contributed by atoms with van der Waals surface area (Å²) in [7, 11) is 1.43. The Balaban J connectivity index is 2.37. The molecule has 10 heteroatoms. The molecule has 2 rings (SSSR count). The molecule has 106 valence electrons. The van der Waals surface area contributed by atoms with Gasteiger partial charge in [0.25, 0.3) is 0 Å². The second kappa shape index (κ2) is 6.40. The van der Waals surface area contributed by atoms with Crippen LogP contribution < -0.4 is 21.3 Å². The maximum Gasteiger partial charge on any atom is 0.322 e. The second-order valence-electron chi connectivity index (χ2n) is 3.46. The third-order valence-corrected chi connectivity index (χ3v) is 3.98. The molecule has 0 saturated carbocycles. The van der Waals surface area contributed by atoms with Crippen LogP contribution in [0.5, 0.6) is 6.01 Å². The lowest BCUT2D eigenvalue weighted by Gasteiger charge is -2.10. The number of hydrogen-bond donors (Lipinski definition) is 3. The van der Waals surface area contributed by atoms with Gasteiger partial charge in [0.2, 0.25) is 11.9 Å². The van der Waals surface area contributed by atoms with E-state index >= 15 is 0 Å². The van der Waals surface area contributed by atoms with Crippen molar-refractivity contribution in [3.8, 4) is 6.01 Å². The number of nitrogen functional groups attached to an aromatic ring is 1. The summed E-state index contributed by atoms with van der Waals surface area (Å²) < 4.78 is 5.63. The highest BCUT2D eigenvalue weighted by Gasteiger charge is 2.11. The molecule has 20 heavy (non-hydrogen) atoms. The van der Waals surface area contributed by atoms with Crippen molar-refractivity contribution in [2.45, 2.75) is 0 Å². The number of benzene rings is 1. The molecule has 0 aliphatic heterocycles. The Morgan fingerprint density at radius 1 is 1.15 bits per heavy atom. The number of ether oxygens (including phenoxy) is 1. The first kappa shape index (κ1) is 15.0. The molecule has 0 atom stereocenters. The number of nitrogens with zero attached hydrogens (tertiary/aromatic N) is 3. The summed E-state index contributed by atoms with van der Waals surface area (Å²) in [4.78, 5) is 11.9. The van der Waals surface area contributed by atoms with Crippen LogP contribution in [0, 0.1) is 0 Å². The fraction of sp³-hybridized carbons (Fsp3) is 0.100. The zero-order valence-corrected chi connectivity index (χ0v) is 13.2. The topological polar surface area (TPSA) is 98.0 Å². The lowest BCUT2D eigenvalue weighted by atomic mass is 10.3. The molecule has 0 spiro atoms. The van der Waals surface area contributed by atoms with Gasteiger partial charge in [-0.15, -0.1) is 0 Å². The Hall–Kier alpha value is -1.35. The summed E-state index contributed by atoms with van der Waals surface area (Å²) in [6.07, 6.45) is 0. The first-order chi connectivity index (χ1) is 9.55. The van der Waals surface area contributed by atoms with E-state index in [0.29, 0.717) is 20.2 Å². The van der Waals surface area contributed by atoms with Crippen LogP contribution in [0.15, 0.2) is 16.6 Å². The van der Waals surface area contributed by atoms with Crippen molar-refractivity contribution >= 4 is 56.7 Å². The zero-order valence-electron chi connectivity index (χ0n) is 10.1. The van der Waals surface area contributed by atoms with Gasteiger partial charge in [0.05, 0.1) is 22.8 Å². The molecule has 0 amide bonds. The molecular weight excluding hydrogens is 371 g/mol. The van der Waals surface area contributed by atoms with E-state index in [4.69, 9.17) is 33.8 Å². The standard InChI is InChI=1S/C10H9BrCl2N6O/c1-20-10-17-8(16-9(18-10)19-14)15-5-3-2-4(11)6(12)7(5)13/h2-3H,14H2,1H3,(H2,15,16,17,18,19). The lowest BCUT2D eigenvalue weighted by Crippen LogP contribution is -2.13. The minimum absolute atomic E-state index is 0.106. The van der Waals surface area contributed by atoms with E-state index in [2.05, 4.69) is 41.6 Å². The van der Waals surface area contributed by atoms with E-state index in [1.165, 1.54) is 7.11 Å². The number of hydrazine groups is 1. The van der Waals surface area contributed by atoms with E-state index in [-0.39, 0.29) is 17.9 Å². The Morgan fingerprint density at radius 3 is 2.50 bits per heavy atom. The van der Waals surface area contributed by atoms with E-state index < -0.39 is 0 Å². The van der Waals surface area contributed by atoms with Gasteiger partial charge >= 0.3 is 6.01 Å². The molecule has 0 fully saturated rings. The Labute approximate surface area is 133 Å². The highest BCUT2D eigenvalue weighted by molar-refractivity contribution is 9.10. The van der Waals surface area contributed by atoms with Crippen molar-refractivity contribution in [3.05, 3.63) is 26.7 Å². The summed E-state index contributed by atoms with van der Waals surface area (Å²) in [5.41, 5.74) is 2.85. The lowest BCUT2D eigenvalue weighted by molar-refractivity contribution is 0.379. The van der Waals surface area contributed by atoms with Gasteiger partial charge in [-0.1, -0.05) is 23.2 Å². The first-order valence-electron chi connectivity index (χ1n) is 5.22. The molecule has 0 unspecified atom stereocenters. The third kappa shape index (κ3) is 3.21. The van der Waals surface area contributed by atoms with Crippen molar-refractivity contribution in [1.29, 1.82) is 0 Å². The summed E-state index contributed by atoms with van der Waals surface area (Å²) in [6, 6.07) is 3.58. The Bertz CT molecular complexity index is 619. The van der Waals surface area contributed by atoms with Crippen LogP contribution in [-0.2, 0) is 0 Å². The van der Waals surface area contributed by atoms with Crippen molar-refractivity contribution < 1.29 is 4.74 Å². The number of aromatic nitrogens is 3. The molecule has 7 nitrogen and oxygen atoms in total. The minimum Gasteiger partial charge on any atom is -0.467 e. The van der Waals surface area contributed by atoms with Crippen LogP contribution in [0.1, 0.15) is 0 Å². The SMILES string of the molecule is COc1nc(NN)nc(Nc2ccc(Br)c(Cl)c2Cl)n1. The Kier molecular flexibility index (Phi) is 4.81.